The van der Waals surface area contributed by atoms with E-state index in [0.29, 0.717) is 5.82 Å². The fourth-order valence-corrected chi connectivity index (χ4v) is 1.87. The van der Waals surface area contributed by atoms with Crippen molar-refractivity contribution in [2.75, 3.05) is 5.32 Å². The molecule has 4 heteroatoms. The number of hydrogen-bond acceptors (Lipinski definition) is 2. The number of nitrogens with one attached hydrogen (secondary N) is 2. The predicted molar refractivity (Wildman–Crippen MR) is 76.1 cm³/mol. The zero-order chi connectivity index (χ0) is 13.9. The van der Waals surface area contributed by atoms with Gasteiger partial charge in [-0.2, -0.15) is 5.10 Å². The third-order valence-electron chi connectivity index (χ3n) is 3.32. The molecule has 0 aliphatic carbocycles. The second kappa shape index (κ2) is 5.26. The molecule has 1 heterocycles. The number of hydrogen-bond donors (Lipinski definition) is 2. The zero-order valence-corrected chi connectivity index (χ0v) is 11.5. The van der Waals surface area contributed by atoms with Crippen molar-refractivity contribution in [1.82, 2.24) is 10.2 Å². The fourth-order valence-electron chi connectivity index (χ4n) is 1.87. The highest BCUT2D eigenvalue weighted by atomic mass is 16.2. The highest BCUT2D eigenvalue weighted by Crippen LogP contribution is 2.24. The van der Waals surface area contributed by atoms with Crippen molar-refractivity contribution in [3.63, 3.8) is 0 Å². The number of nitrogens with zero attached hydrogens (tertiary/aromatic N) is 1. The molecule has 2 N–H and O–H groups in total. The zero-order valence-electron chi connectivity index (χ0n) is 11.5. The van der Waals surface area contributed by atoms with E-state index in [4.69, 9.17) is 0 Å². The number of carbonyl (C=O) groups is 1. The molecule has 0 aliphatic heterocycles. The molecule has 0 unspecified atom stereocenters. The van der Waals surface area contributed by atoms with Crippen LogP contribution in [0.5, 0.6) is 0 Å². The fraction of sp³-hybridized carbons (Fsp3) is 0.333. The number of H-pyrrole nitrogens is 1. The Morgan fingerprint density at radius 3 is 2.58 bits per heavy atom. The monoisotopic (exact) mass is 257 g/mol. The molecule has 0 spiro atoms. The van der Waals surface area contributed by atoms with Crippen LogP contribution in [-0.2, 0) is 16.6 Å². The summed E-state index contributed by atoms with van der Waals surface area (Å²) < 4.78 is 0. The van der Waals surface area contributed by atoms with Crippen LogP contribution in [0.2, 0.25) is 0 Å². The van der Waals surface area contributed by atoms with Crippen LogP contribution in [0.3, 0.4) is 0 Å². The third kappa shape index (κ3) is 2.84. The van der Waals surface area contributed by atoms with Crippen molar-refractivity contribution >= 4 is 11.7 Å². The van der Waals surface area contributed by atoms with Crippen LogP contribution < -0.4 is 5.32 Å². The lowest BCUT2D eigenvalue weighted by atomic mass is 9.84. The average molecular weight is 257 g/mol. The molecule has 1 aromatic heterocycles. The minimum atomic E-state index is -0.591. The standard InChI is InChI=1S/C15H19N3O/c1-4-12-10-13(18-17-12)16-14(19)15(2,3)11-8-6-5-7-9-11/h5-10H,4H2,1-3H3,(H2,16,17,18,19). The lowest BCUT2D eigenvalue weighted by Crippen LogP contribution is -2.34. The first-order chi connectivity index (χ1) is 9.04. The topological polar surface area (TPSA) is 57.8 Å². The van der Waals surface area contributed by atoms with Crippen molar-refractivity contribution in [3.05, 3.63) is 47.7 Å². The van der Waals surface area contributed by atoms with Crippen molar-refractivity contribution in [1.29, 1.82) is 0 Å². The molecule has 0 saturated heterocycles. The summed E-state index contributed by atoms with van der Waals surface area (Å²) in [6, 6.07) is 11.6. The van der Waals surface area contributed by atoms with Gasteiger partial charge in [-0.05, 0) is 25.8 Å². The Morgan fingerprint density at radius 1 is 1.32 bits per heavy atom. The van der Waals surface area contributed by atoms with Gasteiger partial charge in [0, 0.05) is 11.8 Å². The second-order valence-corrected chi connectivity index (χ2v) is 5.08. The Labute approximate surface area is 113 Å². The Balaban J connectivity index is 2.15. The molecule has 0 fully saturated rings. The van der Waals surface area contributed by atoms with E-state index >= 15 is 0 Å². The minimum Gasteiger partial charge on any atom is -0.308 e. The first-order valence-electron chi connectivity index (χ1n) is 6.45. The number of anilines is 1. The highest BCUT2D eigenvalue weighted by Gasteiger charge is 2.29. The molecule has 0 saturated carbocycles. The summed E-state index contributed by atoms with van der Waals surface area (Å²) in [6.07, 6.45) is 0.866. The Hall–Kier alpha value is -2.10. The van der Waals surface area contributed by atoms with Gasteiger partial charge in [0.2, 0.25) is 5.91 Å². The Bertz CT molecular complexity index is 558. The number of amides is 1. The lowest BCUT2D eigenvalue weighted by Gasteiger charge is -2.23. The van der Waals surface area contributed by atoms with Crippen LogP contribution in [0.4, 0.5) is 5.82 Å². The molecule has 2 aromatic rings. The second-order valence-electron chi connectivity index (χ2n) is 5.08. The van der Waals surface area contributed by atoms with Crippen LogP contribution in [0.15, 0.2) is 36.4 Å². The number of aromatic nitrogens is 2. The normalized spacial score (nSPS) is 11.3. The Morgan fingerprint density at radius 2 is 2.00 bits per heavy atom. The van der Waals surface area contributed by atoms with Crippen LogP contribution in [0, 0.1) is 0 Å². The van der Waals surface area contributed by atoms with Gasteiger partial charge in [-0.1, -0.05) is 37.3 Å². The van der Waals surface area contributed by atoms with Crippen LogP contribution >= 0.6 is 0 Å². The molecule has 0 radical (unpaired) electrons. The van der Waals surface area contributed by atoms with Crippen LogP contribution in [0.1, 0.15) is 32.0 Å². The smallest absolute Gasteiger partial charge is 0.235 e. The number of rotatable bonds is 4. The largest absolute Gasteiger partial charge is 0.308 e. The number of benzene rings is 1. The minimum absolute atomic E-state index is 0.0622. The first-order valence-corrected chi connectivity index (χ1v) is 6.45. The molecule has 100 valence electrons. The number of aromatic amines is 1. The van der Waals surface area contributed by atoms with Gasteiger partial charge in [0.05, 0.1) is 5.41 Å². The van der Waals surface area contributed by atoms with Crippen LogP contribution in [0.25, 0.3) is 0 Å². The molecule has 4 nitrogen and oxygen atoms in total. The highest BCUT2D eigenvalue weighted by molar-refractivity contribution is 5.97. The number of aryl methyl sites for hydroxylation is 1. The van der Waals surface area contributed by atoms with E-state index in [1.807, 2.05) is 57.2 Å². The van der Waals surface area contributed by atoms with Crippen molar-refractivity contribution < 1.29 is 4.79 Å². The molecule has 19 heavy (non-hydrogen) atoms. The van der Waals surface area contributed by atoms with Crippen molar-refractivity contribution in [2.24, 2.45) is 0 Å². The maximum absolute atomic E-state index is 12.4. The summed E-state index contributed by atoms with van der Waals surface area (Å²) in [4.78, 5) is 12.4. The summed E-state index contributed by atoms with van der Waals surface area (Å²) in [7, 11) is 0. The molecule has 0 bridgehead atoms. The molecule has 2 rings (SSSR count). The lowest BCUT2D eigenvalue weighted by molar-refractivity contribution is -0.120. The molecular weight excluding hydrogens is 238 g/mol. The van der Waals surface area contributed by atoms with E-state index in [2.05, 4.69) is 15.5 Å². The maximum Gasteiger partial charge on any atom is 0.235 e. The van der Waals surface area contributed by atoms with Gasteiger partial charge in [0.1, 0.15) is 0 Å². The van der Waals surface area contributed by atoms with E-state index in [-0.39, 0.29) is 5.91 Å². The molecule has 0 aliphatic rings. The van der Waals surface area contributed by atoms with Crippen LogP contribution in [-0.4, -0.2) is 16.1 Å². The van der Waals surface area contributed by atoms with Crippen molar-refractivity contribution in [2.45, 2.75) is 32.6 Å². The van der Waals surface area contributed by atoms with E-state index in [1.54, 1.807) is 0 Å². The van der Waals surface area contributed by atoms with Gasteiger partial charge in [-0.25, -0.2) is 0 Å². The van der Waals surface area contributed by atoms with E-state index in [9.17, 15) is 4.79 Å². The quantitative estimate of drug-likeness (QED) is 0.884. The van der Waals surface area contributed by atoms with Gasteiger partial charge >= 0.3 is 0 Å². The molecular formula is C15H19N3O. The van der Waals surface area contributed by atoms with Gasteiger partial charge in [-0.15, -0.1) is 0 Å². The first kappa shape index (κ1) is 13.3. The van der Waals surface area contributed by atoms with E-state index in [0.717, 1.165) is 17.7 Å². The molecule has 1 amide bonds. The summed E-state index contributed by atoms with van der Waals surface area (Å²) in [6.45, 7) is 5.85. The summed E-state index contributed by atoms with van der Waals surface area (Å²) in [5.41, 5.74) is 1.40. The maximum atomic E-state index is 12.4. The summed E-state index contributed by atoms with van der Waals surface area (Å²) >= 11 is 0. The summed E-state index contributed by atoms with van der Waals surface area (Å²) in [5.74, 6) is 0.513. The third-order valence-corrected chi connectivity index (χ3v) is 3.32. The SMILES string of the molecule is CCc1cc(NC(=O)C(C)(C)c2ccccc2)n[nH]1. The van der Waals surface area contributed by atoms with E-state index < -0.39 is 5.41 Å². The molecule has 1 aromatic carbocycles. The van der Waals surface area contributed by atoms with E-state index in [1.165, 1.54) is 0 Å². The van der Waals surface area contributed by atoms with Gasteiger partial charge in [-0.3, -0.25) is 9.89 Å². The van der Waals surface area contributed by atoms with Crippen molar-refractivity contribution in [3.8, 4) is 0 Å². The van der Waals surface area contributed by atoms with Gasteiger partial charge in [0.25, 0.3) is 0 Å². The Kier molecular flexibility index (Phi) is 3.69. The van der Waals surface area contributed by atoms with Gasteiger partial charge < -0.3 is 5.32 Å². The molecule has 0 atom stereocenters. The van der Waals surface area contributed by atoms with Gasteiger partial charge in [0.15, 0.2) is 5.82 Å². The average Bonchev–Trinajstić information content (AvgIpc) is 2.87. The summed E-state index contributed by atoms with van der Waals surface area (Å²) in [5, 5.41) is 9.82. The number of carbonyl (C=O) groups excluding carboxylic acids is 1. The predicted octanol–water partition coefficient (Wildman–Crippen LogP) is 2.89.